The quantitative estimate of drug-likeness (QED) is 0.827. The van der Waals surface area contributed by atoms with Gasteiger partial charge in [-0.1, -0.05) is 47.5 Å². The smallest absolute Gasteiger partial charge is 0.228 e. The highest BCUT2D eigenvalue weighted by molar-refractivity contribution is 9.10. The molecule has 0 saturated carbocycles. The Kier molecular flexibility index (Phi) is 4.86. The largest absolute Gasteiger partial charge is 0.325 e. The Labute approximate surface area is 129 Å². The SMILES string of the molecule is O=C(Cc1ccccc1Cl)Nc1cccc(Cl)c1Br. The second kappa shape index (κ2) is 6.42. The Morgan fingerprint density at radius 1 is 1.05 bits per heavy atom. The second-order valence-corrected chi connectivity index (χ2v) is 5.53. The van der Waals surface area contributed by atoms with E-state index in [9.17, 15) is 4.79 Å². The highest BCUT2D eigenvalue weighted by Crippen LogP contribution is 2.30. The van der Waals surface area contributed by atoms with Crippen LogP contribution in [0.3, 0.4) is 0 Å². The number of nitrogens with one attached hydrogen (secondary N) is 1. The molecule has 0 aliphatic carbocycles. The van der Waals surface area contributed by atoms with Crippen molar-refractivity contribution < 1.29 is 4.79 Å². The molecule has 0 aliphatic rings. The van der Waals surface area contributed by atoms with E-state index in [-0.39, 0.29) is 12.3 Å². The van der Waals surface area contributed by atoms with Crippen molar-refractivity contribution in [2.24, 2.45) is 0 Å². The Hall–Kier alpha value is -1.03. The lowest BCUT2D eigenvalue weighted by Crippen LogP contribution is -2.15. The van der Waals surface area contributed by atoms with E-state index < -0.39 is 0 Å². The fraction of sp³-hybridized carbons (Fsp3) is 0.0714. The van der Waals surface area contributed by atoms with E-state index in [1.54, 1.807) is 24.3 Å². The summed E-state index contributed by atoms with van der Waals surface area (Å²) in [4.78, 5) is 12.0. The third kappa shape index (κ3) is 3.72. The molecule has 1 N–H and O–H groups in total. The average Bonchev–Trinajstić information content (AvgIpc) is 2.38. The van der Waals surface area contributed by atoms with Crippen molar-refractivity contribution in [2.45, 2.75) is 6.42 Å². The first-order valence-electron chi connectivity index (χ1n) is 5.55. The van der Waals surface area contributed by atoms with E-state index in [2.05, 4.69) is 21.2 Å². The van der Waals surface area contributed by atoms with Crippen LogP contribution in [0.1, 0.15) is 5.56 Å². The van der Waals surface area contributed by atoms with E-state index in [4.69, 9.17) is 23.2 Å². The maximum atomic E-state index is 12.0. The van der Waals surface area contributed by atoms with Crippen molar-refractivity contribution in [3.8, 4) is 0 Å². The molecule has 2 nitrogen and oxygen atoms in total. The number of halogens is 3. The molecule has 0 aliphatic heterocycles. The van der Waals surface area contributed by atoms with Gasteiger partial charge >= 0.3 is 0 Å². The predicted octanol–water partition coefficient (Wildman–Crippen LogP) is 4.94. The molecule has 2 aromatic rings. The summed E-state index contributed by atoms with van der Waals surface area (Å²) in [6.07, 6.45) is 0.221. The molecule has 0 spiro atoms. The van der Waals surface area contributed by atoms with Gasteiger partial charge in [-0.2, -0.15) is 0 Å². The predicted molar refractivity (Wildman–Crippen MR) is 82.9 cm³/mol. The molecule has 0 aromatic heterocycles. The van der Waals surface area contributed by atoms with E-state index in [1.165, 1.54) is 0 Å². The van der Waals surface area contributed by atoms with E-state index in [0.717, 1.165) is 5.56 Å². The fourth-order valence-corrected chi connectivity index (χ4v) is 2.35. The monoisotopic (exact) mass is 357 g/mol. The molecule has 0 radical (unpaired) electrons. The summed E-state index contributed by atoms with van der Waals surface area (Å²) >= 11 is 15.3. The van der Waals surface area contributed by atoms with Crippen molar-refractivity contribution in [3.05, 3.63) is 62.5 Å². The topological polar surface area (TPSA) is 29.1 Å². The molecule has 0 fully saturated rings. The first-order chi connectivity index (χ1) is 9.08. The summed E-state index contributed by atoms with van der Waals surface area (Å²) < 4.78 is 0.671. The Morgan fingerprint density at radius 3 is 2.47 bits per heavy atom. The number of rotatable bonds is 3. The number of carbonyl (C=O) groups excluding carboxylic acids is 1. The third-order valence-electron chi connectivity index (χ3n) is 2.53. The van der Waals surface area contributed by atoms with Crippen molar-refractivity contribution in [1.29, 1.82) is 0 Å². The molecule has 2 aromatic carbocycles. The fourth-order valence-electron chi connectivity index (χ4n) is 1.61. The van der Waals surface area contributed by atoms with Gasteiger partial charge in [0.15, 0.2) is 0 Å². The summed E-state index contributed by atoms with van der Waals surface area (Å²) in [5, 5.41) is 3.94. The number of hydrogen-bond acceptors (Lipinski definition) is 1. The number of benzene rings is 2. The van der Waals surface area contributed by atoms with Gasteiger partial charge in [0.2, 0.25) is 5.91 Å². The number of hydrogen-bond donors (Lipinski definition) is 1. The van der Waals surface area contributed by atoms with Gasteiger partial charge in [-0.25, -0.2) is 0 Å². The summed E-state index contributed by atoms with van der Waals surface area (Å²) in [6, 6.07) is 12.6. The van der Waals surface area contributed by atoms with Gasteiger partial charge in [-0.3, -0.25) is 4.79 Å². The minimum absolute atomic E-state index is 0.143. The zero-order valence-corrected chi connectivity index (χ0v) is 12.9. The van der Waals surface area contributed by atoms with Crippen LogP contribution in [-0.2, 0) is 11.2 Å². The molecule has 5 heteroatoms. The van der Waals surface area contributed by atoms with Crippen molar-refractivity contribution in [3.63, 3.8) is 0 Å². The van der Waals surface area contributed by atoms with Crippen LogP contribution in [0.15, 0.2) is 46.9 Å². The summed E-state index contributed by atoms with van der Waals surface area (Å²) in [7, 11) is 0. The van der Waals surface area contributed by atoms with E-state index >= 15 is 0 Å². The lowest BCUT2D eigenvalue weighted by atomic mass is 10.1. The van der Waals surface area contributed by atoms with Gasteiger partial charge in [-0.05, 0) is 39.7 Å². The molecule has 2 rings (SSSR count). The van der Waals surface area contributed by atoms with Gasteiger partial charge in [0.1, 0.15) is 0 Å². The normalized spacial score (nSPS) is 10.3. The van der Waals surface area contributed by atoms with Crippen LogP contribution in [0.4, 0.5) is 5.69 Å². The lowest BCUT2D eigenvalue weighted by Gasteiger charge is -2.09. The molecule has 0 atom stereocenters. The van der Waals surface area contributed by atoms with Crippen molar-refractivity contribution >= 4 is 50.7 Å². The summed E-state index contributed by atoms with van der Waals surface area (Å²) in [6.45, 7) is 0. The second-order valence-electron chi connectivity index (χ2n) is 3.92. The summed E-state index contributed by atoms with van der Waals surface area (Å²) in [5.41, 5.74) is 1.43. The minimum atomic E-state index is -0.143. The molecule has 0 saturated heterocycles. The van der Waals surface area contributed by atoms with Gasteiger partial charge in [0.25, 0.3) is 0 Å². The molecule has 0 unspecified atom stereocenters. The number of carbonyl (C=O) groups is 1. The third-order valence-corrected chi connectivity index (χ3v) is 4.30. The molecule has 0 heterocycles. The van der Waals surface area contributed by atoms with E-state index in [0.29, 0.717) is 20.2 Å². The van der Waals surface area contributed by atoms with Crippen LogP contribution in [0.5, 0.6) is 0 Å². The van der Waals surface area contributed by atoms with Crippen LogP contribution < -0.4 is 5.32 Å². The van der Waals surface area contributed by atoms with Crippen molar-refractivity contribution in [2.75, 3.05) is 5.32 Å². The maximum absolute atomic E-state index is 12.0. The van der Waals surface area contributed by atoms with Crippen LogP contribution in [-0.4, -0.2) is 5.91 Å². The van der Waals surface area contributed by atoms with Crippen LogP contribution in [0, 0.1) is 0 Å². The molecular weight excluding hydrogens is 349 g/mol. The van der Waals surface area contributed by atoms with Gasteiger partial charge in [0.05, 0.1) is 21.6 Å². The summed E-state index contributed by atoms with van der Waals surface area (Å²) in [5.74, 6) is -0.143. The Morgan fingerprint density at radius 2 is 1.74 bits per heavy atom. The number of anilines is 1. The van der Waals surface area contributed by atoms with Crippen LogP contribution in [0.2, 0.25) is 10.0 Å². The molecular formula is C14H10BrCl2NO. The zero-order chi connectivity index (χ0) is 13.8. The van der Waals surface area contributed by atoms with Gasteiger partial charge in [-0.15, -0.1) is 0 Å². The van der Waals surface area contributed by atoms with Crippen LogP contribution >= 0.6 is 39.1 Å². The van der Waals surface area contributed by atoms with Gasteiger partial charge in [0, 0.05) is 5.02 Å². The minimum Gasteiger partial charge on any atom is -0.325 e. The zero-order valence-electron chi connectivity index (χ0n) is 9.79. The molecule has 0 bridgehead atoms. The first-order valence-corrected chi connectivity index (χ1v) is 7.10. The highest BCUT2D eigenvalue weighted by atomic mass is 79.9. The maximum Gasteiger partial charge on any atom is 0.228 e. The van der Waals surface area contributed by atoms with Crippen molar-refractivity contribution in [1.82, 2.24) is 0 Å². The van der Waals surface area contributed by atoms with Crippen LogP contribution in [0.25, 0.3) is 0 Å². The first kappa shape index (κ1) is 14.4. The molecule has 19 heavy (non-hydrogen) atoms. The Bertz CT molecular complexity index is 616. The van der Waals surface area contributed by atoms with E-state index in [1.807, 2.05) is 18.2 Å². The lowest BCUT2D eigenvalue weighted by molar-refractivity contribution is -0.115. The average molecular weight is 359 g/mol. The highest BCUT2D eigenvalue weighted by Gasteiger charge is 2.10. The molecule has 1 amide bonds. The Balaban J connectivity index is 2.10. The molecule has 98 valence electrons. The number of amides is 1. The standard InChI is InChI=1S/C14H10BrCl2NO/c15-14-11(17)6-3-7-12(14)18-13(19)8-9-4-1-2-5-10(9)16/h1-7H,8H2,(H,18,19). The van der Waals surface area contributed by atoms with Gasteiger partial charge < -0.3 is 5.32 Å².